The molecule has 2 aromatic heterocycles. The van der Waals surface area contributed by atoms with Crippen molar-refractivity contribution in [2.24, 2.45) is 0 Å². The topological polar surface area (TPSA) is 25.8 Å². The fourth-order valence-electron chi connectivity index (χ4n) is 1.35. The molecular weight excluding hydrogens is 225 g/mol. The lowest BCUT2D eigenvalue weighted by molar-refractivity contribution is -0.136. The summed E-state index contributed by atoms with van der Waals surface area (Å²) < 4.78 is 38.1. The van der Waals surface area contributed by atoms with Crippen LogP contribution in [0.4, 0.5) is 13.2 Å². The van der Waals surface area contributed by atoms with Crippen LogP contribution in [0.3, 0.4) is 0 Å². The van der Waals surface area contributed by atoms with E-state index in [2.05, 4.69) is 9.97 Å². The molecule has 0 radical (unpaired) electrons. The molecule has 80 valence electrons. The van der Waals surface area contributed by atoms with Gasteiger partial charge >= 0.3 is 6.18 Å². The molecule has 0 bridgehead atoms. The summed E-state index contributed by atoms with van der Waals surface area (Å²) in [5.74, 6) is 0. The molecule has 0 unspecified atom stereocenters. The highest BCUT2D eigenvalue weighted by Crippen LogP contribution is 2.37. The highest BCUT2D eigenvalue weighted by atomic mass is 32.1. The fourth-order valence-corrected chi connectivity index (χ4v) is 2.44. The lowest BCUT2D eigenvalue weighted by Gasteiger charge is -2.03. The first-order valence-electron chi connectivity index (χ1n) is 4.32. The zero-order valence-corrected chi connectivity index (χ0v) is 8.61. The number of aromatic nitrogens is 2. The van der Waals surface area contributed by atoms with Crippen LogP contribution in [-0.4, -0.2) is 9.97 Å². The van der Waals surface area contributed by atoms with Crippen molar-refractivity contribution >= 4 is 21.6 Å². The van der Waals surface area contributed by atoms with E-state index in [1.54, 1.807) is 0 Å². The number of hydrogen-bond donors (Lipinski definition) is 0. The van der Waals surface area contributed by atoms with Crippen LogP contribution in [0.2, 0.25) is 0 Å². The first kappa shape index (κ1) is 10.4. The number of hydrogen-bond acceptors (Lipinski definition) is 3. The molecule has 0 aliphatic carbocycles. The molecule has 15 heavy (non-hydrogen) atoms. The van der Waals surface area contributed by atoms with Gasteiger partial charge in [-0.2, -0.15) is 13.2 Å². The summed E-state index contributed by atoms with van der Waals surface area (Å²) in [6, 6.07) is 0. The van der Waals surface area contributed by atoms with E-state index in [0.29, 0.717) is 16.8 Å². The van der Waals surface area contributed by atoms with Gasteiger partial charge in [0.15, 0.2) is 0 Å². The summed E-state index contributed by atoms with van der Waals surface area (Å²) >= 11 is 1.05. The Hall–Kier alpha value is -1.17. The van der Waals surface area contributed by atoms with E-state index >= 15 is 0 Å². The number of halogens is 3. The van der Waals surface area contributed by atoms with Crippen molar-refractivity contribution in [2.75, 3.05) is 0 Å². The van der Waals surface area contributed by atoms with Crippen LogP contribution >= 0.6 is 11.3 Å². The third-order valence-corrected chi connectivity index (χ3v) is 3.09. The van der Waals surface area contributed by atoms with E-state index in [-0.39, 0.29) is 5.52 Å². The van der Waals surface area contributed by atoms with E-state index in [1.165, 1.54) is 6.33 Å². The minimum absolute atomic E-state index is 0.0133. The molecule has 0 amide bonds. The van der Waals surface area contributed by atoms with Crippen LogP contribution < -0.4 is 0 Å². The monoisotopic (exact) mass is 232 g/mol. The molecule has 0 N–H and O–H groups in total. The average Bonchev–Trinajstić information content (AvgIpc) is 2.59. The van der Waals surface area contributed by atoms with Crippen molar-refractivity contribution in [3.8, 4) is 0 Å². The SMILES string of the molecule is CCc1ncnc2c(C(F)(F)F)csc12. The van der Waals surface area contributed by atoms with Crippen LogP contribution in [0.5, 0.6) is 0 Å². The summed E-state index contributed by atoms with van der Waals surface area (Å²) in [6.07, 6.45) is -2.54. The maximum Gasteiger partial charge on any atom is 0.419 e. The Morgan fingerprint density at radius 3 is 2.67 bits per heavy atom. The molecule has 0 saturated heterocycles. The lowest BCUT2D eigenvalue weighted by Crippen LogP contribution is -2.04. The summed E-state index contributed by atoms with van der Waals surface area (Å²) in [5, 5.41) is 1.10. The van der Waals surface area contributed by atoms with Crippen molar-refractivity contribution in [3.05, 3.63) is 23.0 Å². The Bertz CT molecular complexity index is 490. The van der Waals surface area contributed by atoms with Crippen LogP contribution in [-0.2, 0) is 12.6 Å². The van der Waals surface area contributed by atoms with E-state index in [4.69, 9.17) is 0 Å². The Balaban J connectivity index is 2.72. The third kappa shape index (κ3) is 1.69. The molecular formula is C9H7F3N2S. The van der Waals surface area contributed by atoms with Gasteiger partial charge in [-0.15, -0.1) is 11.3 Å². The molecule has 2 nitrogen and oxygen atoms in total. The van der Waals surface area contributed by atoms with E-state index in [1.807, 2.05) is 6.92 Å². The Kier molecular flexibility index (Phi) is 2.38. The van der Waals surface area contributed by atoms with E-state index in [9.17, 15) is 13.2 Å². The molecule has 2 heterocycles. The second-order valence-corrected chi connectivity index (χ2v) is 3.88. The lowest BCUT2D eigenvalue weighted by atomic mass is 10.2. The van der Waals surface area contributed by atoms with Crippen LogP contribution in [0.25, 0.3) is 10.2 Å². The number of alkyl halides is 3. The summed E-state index contributed by atoms with van der Waals surface area (Å²) in [6.45, 7) is 1.86. The maximum atomic E-state index is 12.5. The van der Waals surface area contributed by atoms with Gasteiger partial charge in [0, 0.05) is 5.38 Å². The average molecular weight is 232 g/mol. The second kappa shape index (κ2) is 3.44. The zero-order valence-electron chi connectivity index (χ0n) is 7.80. The number of rotatable bonds is 1. The normalized spacial score (nSPS) is 12.3. The largest absolute Gasteiger partial charge is 0.419 e. The molecule has 0 spiro atoms. The predicted octanol–water partition coefficient (Wildman–Crippen LogP) is 3.27. The number of fused-ring (bicyclic) bond motifs is 1. The molecule has 0 fully saturated rings. The van der Waals surface area contributed by atoms with Gasteiger partial charge in [-0.1, -0.05) is 6.92 Å². The highest BCUT2D eigenvalue weighted by molar-refractivity contribution is 7.17. The second-order valence-electron chi connectivity index (χ2n) is 3.00. The van der Waals surface area contributed by atoms with Gasteiger partial charge < -0.3 is 0 Å². The minimum atomic E-state index is -4.34. The summed E-state index contributed by atoms with van der Waals surface area (Å²) in [7, 11) is 0. The van der Waals surface area contributed by atoms with Gasteiger partial charge in [0.2, 0.25) is 0 Å². The van der Waals surface area contributed by atoms with Crippen molar-refractivity contribution in [1.82, 2.24) is 9.97 Å². The van der Waals surface area contributed by atoms with Gasteiger partial charge in [-0.05, 0) is 6.42 Å². The highest BCUT2D eigenvalue weighted by Gasteiger charge is 2.34. The van der Waals surface area contributed by atoms with Gasteiger partial charge in [-0.3, -0.25) is 0 Å². The number of thiophene rings is 1. The third-order valence-electron chi connectivity index (χ3n) is 2.07. The zero-order chi connectivity index (χ0) is 11.1. The van der Waals surface area contributed by atoms with E-state index in [0.717, 1.165) is 16.7 Å². The molecule has 0 saturated carbocycles. The quantitative estimate of drug-likeness (QED) is 0.754. The molecule has 2 aromatic rings. The molecule has 0 atom stereocenters. The van der Waals surface area contributed by atoms with Gasteiger partial charge in [0.05, 0.1) is 21.5 Å². The van der Waals surface area contributed by atoms with Crippen molar-refractivity contribution in [1.29, 1.82) is 0 Å². The molecule has 2 rings (SSSR count). The van der Waals surface area contributed by atoms with Gasteiger partial charge in [0.25, 0.3) is 0 Å². The number of nitrogens with zero attached hydrogens (tertiary/aromatic N) is 2. The Morgan fingerprint density at radius 2 is 2.07 bits per heavy atom. The van der Waals surface area contributed by atoms with Crippen molar-refractivity contribution in [3.63, 3.8) is 0 Å². The van der Waals surface area contributed by atoms with Crippen molar-refractivity contribution in [2.45, 2.75) is 19.5 Å². The standard InChI is InChI=1S/C9H7F3N2S/c1-2-6-8-7(14-4-13-6)5(3-15-8)9(10,11)12/h3-4H,2H2,1H3. The van der Waals surface area contributed by atoms with E-state index < -0.39 is 11.7 Å². The van der Waals surface area contributed by atoms with Crippen molar-refractivity contribution < 1.29 is 13.2 Å². The molecule has 0 aliphatic heterocycles. The van der Waals surface area contributed by atoms with Gasteiger partial charge in [-0.25, -0.2) is 9.97 Å². The Morgan fingerprint density at radius 1 is 1.33 bits per heavy atom. The summed E-state index contributed by atoms with van der Waals surface area (Å²) in [4.78, 5) is 7.65. The maximum absolute atomic E-state index is 12.5. The summed E-state index contributed by atoms with van der Waals surface area (Å²) in [5.41, 5.74) is 0.0134. The Labute approximate surface area is 87.8 Å². The fraction of sp³-hybridized carbons (Fsp3) is 0.333. The first-order valence-corrected chi connectivity index (χ1v) is 5.20. The molecule has 0 aromatic carbocycles. The van der Waals surface area contributed by atoms with Crippen LogP contribution in [0, 0.1) is 0 Å². The minimum Gasteiger partial charge on any atom is -0.240 e. The van der Waals surface area contributed by atoms with Gasteiger partial charge in [0.1, 0.15) is 6.33 Å². The molecule has 0 aliphatic rings. The predicted molar refractivity (Wildman–Crippen MR) is 51.8 cm³/mol. The smallest absolute Gasteiger partial charge is 0.240 e. The molecule has 6 heteroatoms. The first-order chi connectivity index (χ1) is 7.04. The number of aryl methyl sites for hydroxylation is 1. The van der Waals surface area contributed by atoms with Crippen LogP contribution in [0.15, 0.2) is 11.7 Å². The van der Waals surface area contributed by atoms with Crippen LogP contribution in [0.1, 0.15) is 18.2 Å².